The van der Waals surface area contributed by atoms with Gasteiger partial charge in [-0.3, -0.25) is 0 Å². The molecule has 0 bridgehead atoms. The molecule has 0 heterocycles. The number of aliphatic hydroxyl groups is 1. The molecular weight excluding hydrogens is 272 g/mol. The van der Waals surface area contributed by atoms with Crippen molar-refractivity contribution < 1.29 is 9.84 Å². The molecule has 1 N–H and O–H groups in total. The quantitative estimate of drug-likeness (QED) is 0.729. The van der Waals surface area contributed by atoms with Gasteiger partial charge in [-0.2, -0.15) is 0 Å². The van der Waals surface area contributed by atoms with E-state index in [2.05, 4.69) is 32.1 Å². The van der Waals surface area contributed by atoms with Crippen molar-refractivity contribution >= 4 is 0 Å². The Kier molecular flexibility index (Phi) is 3.14. The predicted molar refractivity (Wildman–Crippen MR) is 88.2 cm³/mol. The van der Waals surface area contributed by atoms with Crippen LogP contribution in [0.25, 0.3) is 0 Å². The molecule has 0 saturated heterocycles. The Labute approximate surface area is 133 Å². The molecule has 0 aliphatic heterocycles. The van der Waals surface area contributed by atoms with Crippen molar-refractivity contribution in [2.75, 3.05) is 7.11 Å². The number of methoxy groups -OCH3 is 1. The lowest BCUT2D eigenvalue weighted by atomic mass is 9.53. The summed E-state index contributed by atoms with van der Waals surface area (Å²) < 4.78 is 5.49. The number of rotatable bonds is 1. The van der Waals surface area contributed by atoms with E-state index in [0.29, 0.717) is 11.8 Å². The Morgan fingerprint density at radius 1 is 1.23 bits per heavy atom. The first-order valence-corrected chi connectivity index (χ1v) is 8.83. The van der Waals surface area contributed by atoms with Crippen molar-refractivity contribution in [1.82, 2.24) is 0 Å². The van der Waals surface area contributed by atoms with Crippen LogP contribution >= 0.6 is 0 Å². The predicted octanol–water partition coefficient (Wildman–Crippen LogP) is 4.37. The monoisotopic (exact) mass is 300 g/mol. The molecule has 4 aliphatic rings. The maximum absolute atomic E-state index is 10.5. The number of hydrogen-bond acceptors (Lipinski definition) is 2. The van der Waals surface area contributed by atoms with Gasteiger partial charge in [-0.15, -0.1) is 0 Å². The maximum Gasteiger partial charge on any atom is 0.0958 e. The number of hydrogen-bond donors (Lipinski definition) is 1. The van der Waals surface area contributed by atoms with E-state index in [4.69, 9.17) is 4.74 Å². The van der Waals surface area contributed by atoms with Gasteiger partial charge in [0.05, 0.1) is 19.0 Å². The van der Waals surface area contributed by atoms with Crippen molar-refractivity contribution in [3.8, 4) is 0 Å². The van der Waals surface area contributed by atoms with E-state index in [9.17, 15) is 5.11 Å². The first kappa shape index (κ1) is 14.6. The van der Waals surface area contributed by atoms with Gasteiger partial charge in [-0.1, -0.05) is 31.6 Å². The van der Waals surface area contributed by atoms with Crippen LogP contribution < -0.4 is 0 Å². The summed E-state index contributed by atoms with van der Waals surface area (Å²) in [6.45, 7) is 4.74. The third-order valence-corrected chi connectivity index (χ3v) is 7.32. The van der Waals surface area contributed by atoms with Gasteiger partial charge in [0.2, 0.25) is 0 Å². The molecule has 4 aliphatic carbocycles. The van der Waals surface area contributed by atoms with E-state index in [1.54, 1.807) is 12.7 Å². The number of aliphatic hydroxyl groups excluding tert-OH is 1. The fourth-order valence-corrected chi connectivity index (χ4v) is 5.75. The van der Waals surface area contributed by atoms with E-state index in [0.717, 1.165) is 37.9 Å². The smallest absolute Gasteiger partial charge is 0.0958 e. The van der Waals surface area contributed by atoms with Gasteiger partial charge in [-0.25, -0.2) is 0 Å². The third kappa shape index (κ3) is 1.76. The van der Waals surface area contributed by atoms with E-state index >= 15 is 0 Å². The average Bonchev–Trinajstić information content (AvgIpc) is 2.82. The van der Waals surface area contributed by atoms with Crippen LogP contribution in [0.5, 0.6) is 0 Å². The van der Waals surface area contributed by atoms with Crippen molar-refractivity contribution in [2.24, 2.45) is 22.7 Å². The SMILES string of the molecule is COC1=CC2=CCC3C(=CCC4(C)C3CC[C@H]4O)C2(C)CC1. The van der Waals surface area contributed by atoms with Gasteiger partial charge in [0, 0.05) is 17.3 Å². The van der Waals surface area contributed by atoms with Gasteiger partial charge >= 0.3 is 0 Å². The molecule has 2 nitrogen and oxygen atoms in total. The summed E-state index contributed by atoms with van der Waals surface area (Å²) in [4.78, 5) is 0. The molecule has 0 radical (unpaired) electrons. The zero-order valence-corrected chi connectivity index (χ0v) is 14.1. The molecule has 1 saturated carbocycles. The van der Waals surface area contributed by atoms with E-state index < -0.39 is 0 Å². The summed E-state index contributed by atoms with van der Waals surface area (Å²) >= 11 is 0. The van der Waals surface area contributed by atoms with Crippen LogP contribution in [-0.4, -0.2) is 18.3 Å². The van der Waals surface area contributed by atoms with Gasteiger partial charge < -0.3 is 9.84 Å². The number of fused-ring (bicyclic) bond motifs is 5. The zero-order chi connectivity index (χ0) is 15.5. The van der Waals surface area contributed by atoms with Crippen molar-refractivity contribution in [2.45, 2.75) is 58.5 Å². The summed E-state index contributed by atoms with van der Waals surface area (Å²) in [5, 5.41) is 10.5. The number of ether oxygens (including phenoxy) is 1. The largest absolute Gasteiger partial charge is 0.501 e. The van der Waals surface area contributed by atoms with Crippen LogP contribution in [0.2, 0.25) is 0 Å². The molecule has 4 unspecified atom stereocenters. The maximum atomic E-state index is 10.5. The molecule has 4 rings (SSSR count). The minimum absolute atomic E-state index is 0.109. The third-order valence-electron chi connectivity index (χ3n) is 7.32. The summed E-state index contributed by atoms with van der Waals surface area (Å²) in [5.74, 6) is 2.42. The Balaban J connectivity index is 1.75. The summed E-state index contributed by atoms with van der Waals surface area (Å²) in [5.41, 5.74) is 3.42. The molecular formula is C20H28O2. The van der Waals surface area contributed by atoms with Crippen LogP contribution in [0.4, 0.5) is 0 Å². The van der Waals surface area contributed by atoms with Gasteiger partial charge in [-0.05, 0) is 55.6 Å². The Morgan fingerprint density at radius 2 is 2.05 bits per heavy atom. The highest BCUT2D eigenvalue weighted by molar-refractivity contribution is 5.45. The summed E-state index contributed by atoms with van der Waals surface area (Å²) in [6, 6.07) is 0. The second-order valence-electron chi connectivity index (χ2n) is 8.22. The van der Waals surface area contributed by atoms with Crippen molar-refractivity contribution in [3.63, 3.8) is 0 Å². The Bertz CT molecular complexity index is 585. The second-order valence-corrected chi connectivity index (χ2v) is 8.22. The summed E-state index contributed by atoms with van der Waals surface area (Å²) in [7, 11) is 1.78. The van der Waals surface area contributed by atoms with Gasteiger partial charge in [0.25, 0.3) is 0 Å². The second kappa shape index (κ2) is 4.74. The van der Waals surface area contributed by atoms with Crippen LogP contribution in [0.3, 0.4) is 0 Å². The highest BCUT2D eigenvalue weighted by Crippen LogP contribution is 2.62. The Morgan fingerprint density at radius 3 is 2.82 bits per heavy atom. The molecule has 0 spiro atoms. The van der Waals surface area contributed by atoms with Crippen LogP contribution in [0, 0.1) is 22.7 Å². The number of allylic oxidation sites excluding steroid dienone is 6. The van der Waals surface area contributed by atoms with E-state index in [1.807, 2.05) is 0 Å². The molecule has 1 fully saturated rings. The highest BCUT2D eigenvalue weighted by Gasteiger charge is 2.54. The first-order chi connectivity index (χ1) is 10.5. The minimum Gasteiger partial charge on any atom is -0.501 e. The van der Waals surface area contributed by atoms with Crippen molar-refractivity contribution in [3.05, 3.63) is 35.1 Å². The molecule has 22 heavy (non-hydrogen) atoms. The molecule has 2 heteroatoms. The minimum atomic E-state index is -0.111. The molecule has 120 valence electrons. The normalized spacial score (nSPS) is 46.7. The average molecular weight is 300 g/mol. The van der Waals surface area contributed by atoms with Crippen LogP contribution in [-0.2, 0) is 4.74 Å². The van der Waals surface area contributed by atoms with E-state index in [1.165, 1.54) is 12.0 Å². The lowest BCUT2D eigenvalue weighted by Crippen LogP contribution is -2.44. The topological polar surface area (TPSA) is 29.5 Å². The molecule has 0 aromatic heterocycles. The zero-order valence-electron chi connectivity index (χ0n) is 14.1. The van der Waals surface area contributed by atoms with Crippen molar-refractivity contribution in [1.29, 1.82) is 0 Å². The fraction of sp³-hybridized carbons (Fsp3) is 0.700. The summed E-state index contributed by atoms with van der Waals surface area (Å²) in [6.07, 6.45) is 13.7. The molecule has 0 amide bonds. The van der Waals surface area contributed by atoms with E-state index in [-0.39, 0.29) is 16.9 Å². The molecule has 5 atom stereocenters. The lowest BCUT2D eigenvalue weighted by molar-refractivity contribution is 0.0170. The molecule has 0 aromatic carbocycles. The Hall–Kier alpha value is -1.02. The van der Waals surface area contributed by atoms with Crippen LogP contribution in [0.1, 0.15) is 52.4 Å². The lowest BCUT2D eigenvalue weighted by Gasteiger charge is -2.51. The van der Waals surface area contributed by atoms with Gasteiger partial charge in [0.1, 0.15) is 0 Å². The fourth-order valence-electron chi connectivity index (χ4n) is 5.75. The standard InChI is InChI=1S/C20H28O2/c1-19-10-8-14(22-3)12-13(19)4-5-15-16-6-7-18(21)20(16,2)11-9-17(15)19/h4,9,12,15-16,18,21H,5-8,10-11H2,1-3H3/t15?,16?,18-,19?,20?/m1/s1. The van der Waals surface area contributed by atoms with Gasteiger partial charge in [0.15, 0.2) is 0 Å². The van der Waals surface area contributed by atoms with Crippen LogP contribution in [0.15, 0.2) is 35.1 Å². The highest BCUT2D eigenvalue weighted by atomic mass is 16.5. The first-order valence-electron chi connectivity index (χ1n) is 8.83. The molecule has 0 aromatic rings.